The Bertz CT molecular complexity index is 629. The third-order valence-electron chi connectivity index (χ3n) is 3.83. The summed E-state index contributed by atoms with van der Waals surface area (Å²) in [6.45, 7) is 3.45. The van der Waals surface area contributed by atoms with Gasteiger partial charge >= 0.3 is 0 Å². The Kier molecular flexibility index (Phi) is 3.90. The summed E-state index contributed by atoms with van der Waals surface area (Å²) in [4.78, 5) is 27.1. The number of pyridine rings is 1. The van der Waals surface area contributed by atoms with E-state index in [1.807, 2.05) is 18.0 Å². The van der Waals surface area contributed by atoms with Gasteiger partial charge in [0.1, 0.15) is 0 Å². The van der Waals surface area contributed by atoms with Crippen LogP contribution in [0.4, 0.5) is 0 Å². The number of piperidine rings is 1. The molecular formula is C16H18N4O. The second-order valence-corrected chi connectivity index (χ2v) is 5.41. The average molecular weight is 282 g/mol. The van der Waals surface area contributed by atoms with Gasteiger partial charge in [0.25, 0.3) is 5.91 Å². The van der Waals surface area contributed by atoms with Crippen molar-refractivity contribution in [3.05, 3.63) is 53.9 Å². The van der Waals surface area contributed by atoms with Crippen LogP contribution >= 0.6 is 0 Å². The molecule has 0 saturated carbocycles. The molecule has 0 spiro atoms. The van der Waals surface area contributed by atoms with Gasteiger partial charge in [-0.1, -0.05) is 0 Å². The molecule has 0 aliphatic carbocycles. The summed E-state index contributed by atoms with van der Waals surface area (Å²) in [5.41, 5.74) is 2.60. The maximum Gasteiger partial charge on any atom is 0.253 e. The monoisotopic (exact) mass is 282 g/mol. The highest BCUT2D eigenvalue weighted by Crippen LogP contribution is 2.26. The minimum Gasteiger partial charge on any atom is -0.338 e. The average Bonchev–Trinajstić information content (AvgIpc) is 2.55. The highest BCUT2D eigenvalue weighted by atomic mass is 16.2. The molecule has 1 fully saturated rings. The number of likely N-dealkylation sites (tertiary alicyclic amines) is 1. The first-order chi connectivity index (χ1) is 10.2. The molecule has 2 aromatic heterocycles. The lowest BCUT2D eigenvalue weighted by Crippen LogP contribution is -2.39. The number of hydrogen-bond donors (Lipinski definition) is 0. The number of hydrogen-bond acceptors (Lipinski definition) is 4. The summed E-state index contributed by atoms with van der Waals surface area (Å²) < 4.78 is 0. The molecule has 1 aliphatic heterocycles. The van der Waals surface area contributed by atoms with Crippen LogP contribution in [0.5, 0.6) is 0 Å². The zero-order valence-electron chi connectivity index (χ0n) is 12.1. The summed E-state index contributed by atoms with van der Waals surface area (Å²) in [7, 11) is 0. The summed E-state index contributed by atoms with van der Waals surface area (Å²) in [6.07, 6.45) is 8.93. The molecule has 0 unspecified atom stereocenters. The Hall–Kier alpha value is -2.30. The van der Waals surface area contributed by atoms with Gasteiger partial charge in [-0.15, -0.1) is 0 Å². The summed E-state index contributed by atoms with van der Waals surface area (Å²) >= 11 is 0. The Balaban J connectivity index is 1.75. The van der Waals surface area contributed by atoms with Crippen LogP contribution in [0.1, 0.15) is 40.5 Å². The summed E-state index contributed by atoms with van der Waals surface area (Å²) in [6, 6.07) is 3.52. The molecule has 21 heavy (non-hydrogen) atoms. The molecule has 1 atom stereocenters. The van der Waals surface area contributed by atoms with E-state index in [1.54, 1.807) is 30.7 Å². The molecule has 3 rings (SSSR count). The van der Waals surface area contributed by atoms with E-state index >= 15 is 0 Å². The molecule has 0 radical (unpaired) electrons. The smallest absolute Gasteiger partial charge is 0.253 e. The topological polar surface area (TPSA) is 59.0 Å². The van der Waals surface area contributed by atoms with E-state index in [1.165, 1.54) is 0 Å². The normalized spacial score (nSPS) is 18.5. The molecule has 1 aliphatic rings. The molecular weight excluding hydrogens is 264 g/mol. The quantitative estimate of drug-likeness (QED) is 0.847. The van der Waals surface area contributed by atoms with E-state index in [-0.39, 0.29) is 11.8 Å². The minimum atomic E-state index is 0.0720. The van der Waals surface area contributed by atoms with Gasteiger partial charge in [0.15, 0.2) is 0 Å². The van der Waals surface area contributed by atoms with E-state index in [2.05, 4.69) is 15.0 Å². The highest BCUT2D eigenvalue weighted by molar-refractivity contribution is 5.94. The number of amides is 1. The third kappa shape index (κ3) is 3.07. The fraction of sp³-hybridized carbons (Fsp3) is 0.375. The van der Waals surface area contributed by atoms with Gasteiger partial charge in [-0.25, -0.2) is 0 Å². The van der Waals surface area contributed by atoms with Crippen molar-refractivity contribution >= 4 is 5.91 Å². The van der Waals surface area contributed by atoms with Crippen molar-refractivity contribution in [3.63, 3.8) is 0 Å². The zero-order valence-corrected chi connectivity index (χ0v) is 12.1. The van der Waals surface area contributed by atoms with E-state index in [0.29, 0.717) is 12.1 Å². The predicted molar refractivity (Wildman–Crippen MR) is 78.9 cm³/mol. The lowest BCUT2D eigenvalue weighted by atomic mass is 9.94. The van der Waals surface area contributed by atoms with Crippen molar-refractivity contribution in [1.29, 1.82) is 0 Å². The van der Waals surface area contributed by atoms with Crippen molar-refractivity contribution in [2.24, 2.45) is 0 Å². The molecule has 2 aromatic rings. The first-order valence-electron chi connectivity index (χ1n) is 7.22. The van der Waals surface area contributed by atoms with Crippen LogP contribution in [0.2, 0.25) is 0 Å². The van der Waals surface area contributed by atoms with Crippen molar-refractivity contribution in [3.8, 4) is 0 Å². The summed E-state index contributed by atoms with van der Waals surface area (Å²) in [5.74, 6) is 0.347. The van der Waals surface area contributed by atoms with Gasteiger partial charge < -0.3 is 4.90 Å². The highest BCUT2D eigenvalue weighted by Gasteiger charge is 2.26. The third-order valence-corrected chi connectivity index (χ3v) is 3.83. The zero-order chi connectivity index (χ0) is 14.7. The van der Waals surface area contributed by atoms with E-state index in [0.717, 1.165) is 30.8 Å². The Labute approximate surface area is 124 Å². The Morgan fingerprint density at radius 3 is 2.81 bits per heavy atom. The van der Waals surface area contributed by atoms with Crippen LogP contribution in [0.3, 0.4) is 0 Å². The molecule has 0 N–H and O–H groups in total. The fourth-order valence-corrected chi connectivity index (χ4v) is 2.76. The maximum atomic E-state index is 12.5. The van der Waals surface area contributed by atoms with Crippen LogP contribution in [-0.4, -0.2) is 38.8 Å². The SMILES string of the molecule is Cc1cncc([C@@H]2CCCN(C(=O)c3ccncc3)C2)n1. The number of carbonyl (C=O) groups excluding carboxylic acids is 1. The standard InChI is InChI=1S/C16H18N4O/c1-12-9-18-10-15(19-12)14-3-2-8-20(11-14)16(21)13-4-6-17-7-5-13/h4-7,9-10,14H,2-3,8,11H2,1H3/t14-/m1/s1. The van der Waals surface area contributed by atoms with Crippen molar-refractivity contribution in [2.45, 2.75) is 25.7 Å². The van der Waals surface area contributed by atoms with E-state index < -0.39 is 0 Å². The fourth-order valence-electron chi connectivity index (χ4n) is 2.76. The Morgan fingerprint density at radius 2 is 2.05 bits per heavy atom. The van der Waals surface area contributed by atoms with Gasteiger partial charge in [-0.2, -0.15) is 0 Å². The second kappa shape index (κ2) is 5.99. The van der Waals surface area contributed by atoms with E-state index in [4.69, 9.17) is 0 Å². The van der Waals surface area contributed by atoms with Crippen LogP contribution in [0.25, 0.3) is 0 Å². The van der Waals surface area contributed by atoms with Gasteiger partial charge in [-0.05, 0) is 31.9 Å². The second-order valence-electron chi connectivity index (χ2n) is 5.41. The van der Waals surface area contributed by atoms with Gasteiger partial charge in [0, 0.05) is 49.4 Å². The number of rotatable bonds is 2. The minimum absolute atomic E-state index is 0.0720. The van der Waals surface area contributed by atoms with Crippen LogP contribution in [0, 0.1) is 6.92 Å². The molecule has 0 bridgehead atoms. The lowest BCUT2D eigenvalue weighted by molar-refractivity contribution is 0.0705. The van der Waals surface area contributed by atoms with Gasteiger partial charge in [0.05, 0.1) is 11.4 Å². The molecule has 108 valence electrons. The first-order valence-corrected chi connectivity index (χ1v) is 7.22. The summed E-state index contributed by atoms with van der Waals surface area (Å²) in [5, 5.41) is 0. The number of carbonyl (C=O) groups is 1. The predicted octanol–water partition coefficient (Wildman–Crippen LogP) is 2.20. The first kappa shape index (κ1) is 13.7. The molecule has 0 aromatic carbocycles. The Morgan fingerprint density at radius 1 is 1.24 bits per heavy atom. The molecule has 3 heterocycles. The number of nitrogens with zero attached hydrogens (tertiary/aromatic N) is 4. The molecule has 5 heteroatoms. The largest absolute Gasteiger partial charge is 0.338 e. The molecule has 1 saturated heterocycles. The van der Waals surface area contributed by atoms with Gasteiger partial charge in [-0.3, -0.25) is 19.7 Å². The molecule has 5 nitrogen and oxygen atoms in total. The number of aromatic nitrogens is 3. The number of aryl methyl sites for hydroxylation is 1. The van der Waals surface area contributed by atoms with Crippen molar-refractivity contribution in [1.82, 2.24) is 19.9 Å². The van der Waals surface area contributed by atoms with Gasteiger partial charge in [0.2, 0.25) is 0 Å². The lowest BCUT2D eigenvalue weighted by Gasteiger charge is -2.32. The van der Waals surface area contributed by atoms with Crippen molar-refractivity contribution in [2.75, 3.05) is 13.1 Å². The van der Waals surface area contributed by atoms with Crippen molar-refractivity contribution < 1.29 is 4.79 Å². The molecule has 1 amide bonds. The van der Waals surface area contributed by atoms with Crippen LogP contribution in [-0.2, 0) is 0 Å². The van der Waals surface area contributed by atoms with E-state index in [9.17, 15) is 4.79 Å². The van der Waals surface area contributed by atoms with Crippen LogP contribution in [0.15, 0.2) is 36.9 Å². The van der Waals surface area contributed by atoms with Crippen LogP contribution < -0.4 is 0 Å². The maximum absolute atomic E-state index is 12.5.